The normalized spacial score (nSPS) is 15.4. The molecule has 1 N–H and O–H groups in total. The zero-order chi connectivity index (χ0) is 20.2. The van der Waals surface area contributed by atoms with Crippen molar-refractivity contribution in [1.82, 2.24) is 5.32 Å². The molecule has 0 saturated carbocycles. The molecule has 6 heteroatoms. The second-order valence-corrected chi connectivity index (χ2v) is 6.66. The summed E-state index contributed by atoms with van der Waals surface area (Å²) < 4.78 is 5.77. The van der Waals surface area contributed by atoms with Crippen LogP contribution in [0.5, 0.6) is 11.5 Å². The molecule has 0 aliphatic carbocycles. The predicted molar refractivity (Wildman–Crippen MR) is 116 cm³/mol. The predicted octanol–water partition coefficient (Wildman–Crippen LogP) is 4.31. The maximum absolute atomic E-state index is 13.0. The molecule has 0 bridgehead atoms. The average molecular weight is 400 g/mol. The van der Waals surface area contributed by atoms with Gasteiger partial charge in [0.25, 0.3) is 11.8 Å². The Kier molecular flexibility index (Phi) is 5.18. The second-order valence-electron chi connectivity index (χ2n) is 6.28. The number of amides is 2. The van der Waals surface area contributed by atoms with Crippen molar-refractivity contribution < 1.29 is 14.3 Å². The zero-order valence-electron chi connectivity index (χ0n) is 15.2. The highest BCUT2D eigenvalue weighted by atomic mass is 32.1. The molecule has 1 aliphatic rings. The van der Waals surface area contributed by atoms with Crippen molar-refractivity contribution in [2.45, 2.75) is 0 Å². The lowest BCUT2D eigenvalue weighted by atomic mass is 10.1. The van der Waals surface area contributed by atoms with Gasteiger partial charge in [-0.25, -0.2) is 0 Å². The molecular formula is C23H16N2O3S. The number of benzene rings is 3. The van der Waals surface area contributed by atoms with Crippen LogP contribution >= 0.6 is 12.2 Å². The Morgan fingerprint density at radius 3 is 2.03 bits per heavy atom. The van der Waals surface area contributed by atoms with Crippen LogP contribution in [0.4, 0.5) is 5.69 Å². The minimum absolute atomic E-state index is 0.0226. The van der Waals surface area contributed by atoms with Gasteiger partial charge in [0.15, 0.2) is 5.11 Å². The van der Waals surface area contributed by atoms with E-state index in [1.165, 1.54) is 4.90 Å². The average Bonchev–Trinajstić information content (AvgIpc) is 2.74. The Hall–Kier alpha value is -3.77. The highest BCUT2D eigenvalue weighted by molar-refractivity contribution is 7.80. The van der Waals surface area contributed by atoms with Gasteiger partial charge in [0.05, 0.1) is 5.69 Å². The third-order valence-corrected chi connectivity index (χ3v) is 4.57. The fourth-order valence-electron chi connectivity index (χ4n) is 2.90. The van der Waals surface area contributed by atoms with Crippen LogP contribution in [0.3, 0.4) is 0 Å². The molecular weight excluding hydrogens is 384 g/mol. The zero-order valence-corrected chi connectivity index (χ0v) is 16.1. The highest BCUT2D eigenvalue weighted by Crippen LogP contribution is 2.27. The third-order valence-electron chi connectivity index (χ3n) is 4.29. The lowest BCUT2D eigenvalue weighted by Crippen LogP contribution is -2.54. The fraction of sp³-hybridized carbons (Fsp3) is 0. The molecule has 0 unspecified atom stereocenters. The molecule has 0 aromatic heterocycles. The van der Waals surface area contributed by atoms with Crippen molar-refractivity contribution >= 4 is 40.9 Å². The minimum atomic E-state index is -0.510. The first kappa shape index (κ1) is 18.6. The van der Waals surface area contributed by atoms with Crippen LogP contribution in [0, 0.1) is 0 Å². The molecule has 1 saturated heterocycles. The van der Waals surface area contributed by atoms with Crippen molar-refractivity contribution in [2.24, 2.45) is 0 Å². The van der Waals surface area contributed by atoms with E-state index in [1.54, 1.807) is 30.3 Å². The molecule has 29 heavy (non-hydrogen) atoms. The minimum Gasteiger partial charge on any atom is -0.457 e. The van der Waals surface area contributed by atoms with Gasteiger partial charge in [0.1, 0.15) is 17.1 Å². The van der Waals surface area contributed by atoms with Crippen LogP contribution in [0.2, 0.25) is 0 Å². The first-order valence-electron chi connectivity index (χ1n) is 8.91. The molecule has 5 nitrogen and oxygen atoms in total. The number of nitrogens with one attached hydrogen (secondary N) is 1. The molecule has 4 rings (SSSR count). The summed E-state index contributed by atoms with van der Waals surface area (Å²) in [6.07, 6.45) is 1.55. The van der Waals surface area contributed by atoms with Gasteiger partial charge < -0.3 is 4.74 Å². The van der Waals surface area contributed by atoms with Crippen molar-refractivity contribution in [2.75, 3.05) is 4.90 Å². The molecule has 3 aromatic carbocycles. The number of ether oxygens (including phenoxy) is 1. The number of hydrogen-bond donors (Lipinski definition) is 1. The Morgan fingerprint density at radius 1 is 0.793 bits per heavy atom. The maximum atomic E-state index is 13.0. The summed E-state index contributed by atoms with van der Waals surface area (Å²) in [4.78, 5) is 26.6. The molecule has 142 valence electrons. The van der Waals surface area contributed by atoms with Crippen molar-refractivity contribution in [3.63, 3.8) is 0 Å². The Balaban J connectivity index is 1.60. The van der Waals surface area contributed by atoms with Crippen molar-refractivity contribution in [3.05, 3.63) is 96.1 Å². The second kappa shape index (κ2) is 8.08. The van der Waals surface area contributed by atoms with E-state index in [-0.39, 0.29) is 10.7 Å². The van der Waals surface area contributed by atoms with E-state index in [0.29, 0.717) is 17.2 Å². The number of nitrogens with zero attached hydrogens (tertiary/aromatic N) is 1. The van der Waals surface area contributed by atoms with Crippen molar-refractivity contribution in [1.29, 1.82) is 0 Å². The Morgan fingerprint density at radius 2 is 1.38 bits per heavy atom. The summed E-state index contributed by atoms with van der Waals surface area (Å²) in [5.41, 5.74) is 1.32. The number of para-hydroxylation sites is 1. The van der Waals surface area contributed by atoms with E-state index in [2.05, 4.69) is 5.32 Å². The van der Waals surface area contributed by atoms with E-state index < -0.39 is 11.8 Å². The number of rotatable bonds is 4. The molecule has 1 heterocycles. The first-order valence-corrected chi connectivity index (χ1v) is 9.32. The standard InChI is InChI=1S/C23H16N2O3S/c26-21-20(15-16-7-3-1-4-8-16)22(27)25(23(29)24-21)17-11-13-19(14-12-17)28-18-9-5-2-6-10-18/h1-15H,(H,24,26,29)/b20-15+. The van der Waals surface area contributed by atoms with Gasteiger partial charge in [-0.2, -0.15) is 0 Å². The van der Waals surface area contributed by atoms with Crippen LogP contribution in [0.15, 0.2) is 90.5 Å². The van der Waals surface area contributed by atoms with E-state index in [1.807, 2.05) is 60.7 Å². The van der Waals surface area contributed by atoms with E-state index in [4.69, 9.17) is 17.0 Å². The van der Waals surface area contributed by atoms with Crippen LogP contribution in [0.1, 0.15) is 5.56 Å². The van der Waals surface area contributed by atoms with Crippen LogP contribution in [-0.2, 0) is 9.59 Å². The largest absolute Gasteiger partial charge is 0.457 e. The highest BCUT2D eigenvalue weighted by Gasteiger charge is 2.34. The molecule has 1 aliphatic heterocycles. The molecule has 0 spiro atoms. The number of carbonyl (C=O) groups is 2. The monoisotopic (exact) mass is 400 g/mol. The Labute approximate surface area is 173 Å². The van der Waals surface area contributed by atoms with E-state index in [0.717, 1.165) is 5.56 Å². The summed E-state index contributed by atoms with van der Waals surface area (Å²) >= 11 is 5.23. The number of carbonyl (C=O) groups excluding carboxylic acids is 2. The van der Waals surface area contributed by atoms with Gasteiger partial charge in [-0.05, 0) is 60.3 Å². The van der Waals surface area contributed by atoms with E-state index >= 15 is 0 Å². The fourth-order valence-corrected chi connectivity index (χ4v) is 3.18. The SMILES string of the molecule is O=C1NC(=S)N(c2ccc(Oc3ccccc3)cc2)C(=O)/C1=C/c1ccccc1. The third kappa shape index (κ3) is 4.07. The van der Waals surface area contributed by atoms with E-state index in [9.17, 15) is 9.59 Å². The molecule has 0 radical (unpaired) electrons. The summed E-state index contributed by atoms with van der Waals surface area (Å²) in [5.74, 6) is 0.355. The van der Waals surface area contributed by atoms with Gasteiger partial charge in [-0.15, -0.1) is 0 Å². The first-order chi connectivity index (χ1) is 14.1. The van der Waals surface area contributed by atoms with Gasteiger partial charge >= 0.3 is 0 Å². The van der Waals surface area contributed by atoms with Gasteiger partial charge in [0.2, 0.25) is 0 Å². The summed E-state index contributed by atoms with van der Waals surface area (Å²) in [6.45, 7) is 0. The van der Waals surface area contributed by atoms with Crippen molar-refractivity contribution in [3.8, 4) is 11.5 Å². The molecule has 1 fully saturated rings. The van der Waals surface area contributed by atoms with Crippen LogP contribution < -0.4 is 15.0 Å². The smallest absolute Gasteiger partial charge is 0.270 e. The number of anilines is 1. The van der Waals surface area contributed by atoms with Gasteiger partial charge in [-0.1, -0.05) is 48.5 Å². The summed E-state index contributed by atoms with van der Waals surface area (Å²) in [6, 6.07) is 25.5. The molecule has 0 atom stereocenters. The quantitative estimate of drug-likeness (QED) is 0.403. The summed E-state index contributed by atoms with van der Waals surface area (Å²) in [5, 5.41) is 2.62. The maximum Gasteiger partial charge on any atom is 0.270 e. The summed E-state index contributed by atoms with van der Waals surface area (Å²) in [7, 11) is 0. The van der Waals surface area contributed by atoms with Gasteiger partial charge in [0, 0.05) is 0 Å². The topological polar surface area (TPSA) is 58.6 Å². The Bertz CT molecular complexity index is 1090. The van der Waals surface area contributed by atoms with Crippen LogP contribution in [0.25, 0.3) is 6.08 Å². The lowest BCUT2D eigenvalue weighted by Gasteiger charge is -2.29. The number of thiocarbonyl (C=S) groups is 1. The molecule has 2 amide bonds. The van der Waals surface area contributed by atoms with Crippen LogP contribution in [-0.4, -0.2) is 16.9 Å². The lowest BCUT2D eigenvalue weighted by molar-refractivity contribution is -0.122. The molecule has 3 aromatic rings. The number of hydrogen-bond acceptors (Lipinski definition) is 4. The van der Waals surface area contributed by atoms with Gasteiger partial charge in [-0.3, -0.25) is 19.8 Å².